The largest absolute Gasteiger partial charge is 0.464 e. The number of halogens is 4. The van der Waals surface area contributed by atoms with E-state index in [9.17, 15) is 27.9 Å². The lowest BCUT2D eigenvalue weighted by atomic mass is 9.98. The lowest BCUT2D eigenvalue weighted by Gasteiger charge is -2.21. The smallest absolute Gasteiger partial charge is 0.419 e. The van der Waals surface area contributed by atoms with Crippen LogP contribution in [0.1, 0.15) is 21.6 Å². The van der Waals surface area contributed by atoms with Gasteiger partial charge in [0.25, 0.3) is 11.5 Å². The Hall–Kier alpha value is -5.37. The van der Waals surface area contributed by atoms with E-state index in [0.717, 1.165) is 11.8 Å². The first-order valence-corrected chi connectivity index (χ1v) is 13.4. The van der Waals surface area contributed by atoms with Crippen molar-refractivity contribution in [2.45, 2.75) is 19.6 Å². The quantitative estimate of drug-likeness (QED) is 0.257. The van der Waals surface area contributed by atoms with Crippen molar-refractivity contribution in [1.29, 1.82) is 0 Å². The lowest BCUT2D eigenvalue weighted by molar-refractivity contribution is -0.137. The minimum absolute atomic E-state index is 0.0724. The van der Waals surface area contributed by atoms with Crippen LogP contribution in [0.15, 0.2) is 72.1 Å². The number of aryl methyl sites for hydroxylation is 1. The number of rotatable bonds is 4. The molecule has 3 aliphatic heterocycles. The molecule has 222 valence electrons. The number of pyridine rings is 3. The first-order chi connectivity index (χ1) is 21.0. The average molecular weight is 621 g/mol. The first-order valence-electron chi connectivity index (χ1n) is 13.0. The number of carboxylic acid groups (broad SMARTS) is 1. The Morgan fingerprint density at radius 3 is 2.64 bits per heavy atom. The molecule has 11 nitrogen and oxygen atoms in total. The standard InChI is InChI=1S/C29H20ClF3N8O3/c1-15-4-5-18(41(28(43)44)26(42)22-12-17(6-8-34-22)29(31,32)33)13-19(15)20-11-16-14-37-27(38-23-21(30)3-2-7-35-23)39-24(16)40-10-9-36-25(20)40/h2-8,11-14,36H,9-10H2,1H3,(H,43,44)/b38-27+. The molecule has 0 saturated heterocycles. The second-order valence-electron chi connectivity index (χ2n) is 9.70. The molecule has 0 unspecified atom stereocenters. The molecule has 15 heteroatoms. The molecule has 0 aliphatic carbocycles. The number of imide groups is 1. The van der Waals surface area contributed by atoms with Gasteiger partial charge >= 0.3 is 12.3 Å². The predicted molar refractivity (Wildman–Crippen MR) is 154 cm³/mol. The fraction of sp³-hybridized carbons (Fsp3) is 0.138. The topological polar surface area (TPSA) is 138 Å². The van der Waals surface area contributed by atoms with Crippen LogP contribution in [0.4, 0.5) is 35.3 Å². The highest BCUT2D eigenvalue weighted by atomic mass is 35.5. The van der Waals surface area contributed by atoms with E-state index in [1.165, 1.54) is 12.1 Å². The second kappa shape index (κ2) is 11.0. The van der Waals surface area contributed by atoms with E-state index < -0.39 is 29.4 Å². The van der Waals surface area contributed by atoms with Crippen molar-refractivity contribution in [2.75, 3.05) is 16.8 Å². The number of nitrogens with zero attached hydrogens (tertiary/aromatic N) is 7. The second-order valence-corrected chi connectivity index (χ2v) is 10.1. The maximum Gasteiger partial charge on any atom is 0.419 e. The normalized spacial score (nSPS) is 13.1. The summed E-state index contributed by atoms with van der Waals surface area (Å²) in [6.45, 7) is 2.94. The number of hydrogen-bond donors (Lipinski definition) is 2. The highest BCUT2D eigenvalue weighted by Crippen LogP contribution is 2.39. The maximum atomic E-state index is 13.3. The zero-order chi connectivity index (χ0) is 31.2. The number of carbonyl (C=O) groups is 2. The first kappa shape index (κ1) is 28.7. The van der Waals surface area contributed by atoms with Crippen LogP contribution in [0.2, 0.25) is 5.02 Å². The third-order valence-corrected chi connectivity index (χ3v) is 7.20. The van der Waals surface area contributed by atoms with Crippen molar-refractivity contribution in [3.05, 3.63) is 94.6 Å². The van der Waals surface area contributed by atoms with Crippen molar-refractivity contribution >= 4 is 40.9 Å². The van der Waals surface area contributed by atoms with Crippen LogP contribution in [0.3, 0.4) is 0 Å². The molecule has 0 fully saturated rings. The monoisotopic (exact) mass is 620 g/mol. The summed E-state index contributed by atoms with van der Waals surface area (Å²) in [4.78, 5) is 47.0. The molecule has 0 bridgehead atoms. The number of hydrogen-bond acceptors (Lipinski definition) is 8. The molecule has 0 radical (unpaired) electrons. The van der Waals surface area contributed by atoms with Gasteiger partial charge in [0.05, 0.1) is 16.3 Å². The number of anilines is 2. The van der Waals surface area contributed by atoms with Crippen LogP contribution in [0, 0.1) is 6.92 Å². The highest BCUT2D eigenvalue weighted by molar-refractivity contribution is 6.32. The zero-order valence-electron chi connectivity index (χ0n) is 22.7. The van der Waals surface area contributed by atoms with Crippen molar-refractivity contribution in [3.63, 3.8) is 0 Å². The Morgan fingerprint density at radius 1 is 1.07 bits per heavy atom. The third-order valence-electron chi connectivity index (χ3n) is 6.91. The molecule has 0 spiro atoms. The summed E-state index contributed by atoms with van der Waals surface area (Å²) in [5, 5.41) is 13.6. The fourth-order valence-electron chi connectivity index (χ4n) is 4.87. The third kappa shape index (κ3) is 5.30. The van der Waals surface area contributed by atoms with Crippen LogP contribution in [-0.2, 0) is 12.7 Å². The van der Waals surface area contributed by atoms with Crippen LogP contribution in [0.25, 0.3) is 22.5 Å². The maximum absolute atomic E-state index is 13.3. The molecule has 0 saturated carbocycles. The van der Waals surface area contributed by atoms with Gasteiger partial charge in [0.2, 0.25) is 0 Å². The molecule has 2 amide bonds. The average Bonchev–Trinajstić information content (AvgIpc) is 3.49. The summed E-state index contributed by atoms with van der Waals surface area (Å²) in [5.41, 5.74) is 0.944. The van der Waals surface area contributed by atoms with E-state index in [-0.39, 0.29) is 17.1 Å². The van der Waals surface area contributed by atoms with Gasteiger partial charge in [0.1, 0.15) is 17.3 Å². The Kier molecular flexibility index (Phi) is 7.21. The van der Waals surface area contributed by atoms with Gasteiger partial charge in [-0.2, -0.15) is 23.1 Å². The Bertz CT molecular complexity index is 2000. The van der Waals surface area contributed by atoms with E-state index in [1.807, 2.05) is 17.6 Å². The SMILES string of the molecule is Cc1ccc(N(C(=O)O)C(=O)c2cc(C(F)(F)F)ccn2)cc1-c1cc2cn/c(=N\c3ncccc3Cl)nc-2n2c1NCC2. The summed E-state index contributed by atoms with van der Waals surface area (Å²) in [7, 11) is 0. The van der Waals surface area contributed by atoms with Crippen LogP contribution in [0.5, 0.6) is 0 Å². The van der Waals surface area contributed by atoms with Crippen LogP contribution >= 0.6 is 11.6 Å². The molecular formula is C29H20ClF3N8O3. The van der Waals surface area contributed by atoms with E-state index in [4.69, 9.17) is 11.6 Å². The van der Waals surface area contributed by atoms with Gasteiger partial charge in [0.15, 0.2) is 5.82 Å². The molecule has 5 heterocycles. The summed E-state index contributed by atoms with van der Waals surface area (Å²) in [6, 6.07) is 10.9. The summed E-state index contributed by atoms with van der Waals surface area (Å²) in [5.74, 6) is 0.315. The number of alkyl halides is 3. The van der Waals surface area contributed by atoms with E-state index in [0.29, 0.717) is 63.5 Å². The van der Waals surface area contributed by atoms with Crippen LogP contribution < -0.4 is 15.8 Å². The molecule has 2 N–H and O–H groups in total. The van der Waals surface area contributed by atoms with Gasteiger partial charge < -0.3 is 15.0 Å². The van der Waals surface area contributed by atoms with Crippen molar-refractivity contribution in [3.8, 4) is 22.5 Å². The van der Waals surface area contributed by atoms with Crippen molar-refractivity contribution in [2.24, 2.45) is 4.99 Å². The molecule has 2 aromatic heterocycles. The van der Waals surface area contributed by atoms with Crippen molar-refractivity contribution < 1.29 is 27.9 Å². The number of carbonyl (C=O) groups excluding carboxylic acids is 1. The fourth-order valence-corrected chi connectivity index (χ4v) is 5.03. The Labute approximate surface area is 251 Å². The van der Waals surface area contributed by atoms with Crippen LogP contribution in [-0.4, -0.2) is 48.2 Å². The Balaban J connectivity index is 1.45. The zero-order valence-corrected chi connectivity index (χ0v) is 23.4. The molecule has 3 aliphatic rings. The molecule has 6 rings (SSSR count). The van der Waals surface area contributed by atoms with Crippen molar-refractivity contribution in [1.82, 2.24) is 24.5 Å². The van der Waals surface area contributed by atoms with Gasteiger partial charge in [-0.1, -0.05) is 17.7 Å². The van der Waals surface area contributed by atoms with Gasteiger partial charge in [-0.25, -0.2) is 19.7 Å². The summed E-state index contributed by atoms with van der Waals surface area (Å²) in [6.07, 6.45) is -2.46. The lowest BCUT2D eigenvalue weighted by Crippen LogP contribution is -2.36. The van der Waals surface area contributed by atoms with E-state index in [1.54, 1.807) is 30.6 Å². The van der Waals surface area contributed by atoms with Gasteiger partial charge in [0, 0.05) is 42.8 Å². The molecule has 3 aromatic rings. The van der Waals surface area contributed by atoms with E-state index >= 15 is 0 Å². The number of benzene rings is 1. The summed E-state index contributed by atoms with van der Waals surface area (Å²) >= 11 is 6.19. The number of fused-ring (bicyclic) bond motifs is 3. The molecule has 44 heavy (non-hydrogen) atoms. The number of amides is 2. The number of nitrogens with one attached hydrogen (secondary N) is 1. The highest BCUT2D eigenvalue weighted by Gasteiger charge is 2.33. The molecular weight excluding hydrogens is 601 g/mol. The number of aromatic nitrogens is 5. The Morgan fingerprint density at radius 2 is 1.89 bits per heavy atom. The van der Waals surface area contributed by atoms with E-state index in [2.05, 4.69) is 30.2 Å². The minimum atomic E-state index is -4.74. The summed E-state index contributed by atoms with van der Waals surface area (Å²) < 4.78 is 41.7. The minimum Gasteiger partial charge on any atom is -0.464 e. The van der Waals surface area contributed by atoms with Gasteiger partial charge in [-0.15, -0.1) is 0 Å². The predicted octanol–water partition coefficient (Wildman–Crippen LogP) is 5.80. The van der Waals surface area contributed by atoms with Gasteiger partial charge in [-0.3, -0.25) is 9.78 Å². The van der Waals surface area contributed by atoms with Gasteiger partial charge in [-0.05, 0) is 60.5 Å². The molecule has 1 aromatic carbocycles. The molecule has 0 atom stereocenters.